The number of piperidine rings is 1. The van der Waals surface area contributed by atoms with E-state index in [1.165, 1.54) is 5.56 Å². The van der Waals surface area contributed by atoms with Crippen molar-refractivity contribution in [2.24, 2.45) is 5.92 Å². The third kappa shape index (κ3) is 2.34. The molecule has 1 amide bonds. The van der Waals surface area contributed by atoms with Crippen molar-refractivity contribution >= 4 is 5.91 Å². The largest absolute Gasteiger partial charge is 0.356 e. The van der Waals surface area contributed by atoms with Crippen LogP contribution >= 0.6 is 0 Å². The Morgan fingerprint density at radius 2 is 2.07 bits per heavy atom. The Morgan fingerprint density at radius 1 is 1.29 bits per heavy atom. The fourth-order valence-corrected chi connectivity index (χ4v) is 1.91. The van der Waals surface area contributed by atoms with Gasteiger partial charge in [0.05, 0.1) is 0 Å². The van der Waals surface area contributed by atoms with E-state index in [9.17, 15) is 4.79 Å². The van der Waals surface area contributed by atoms with E-state index >= 15 is 0 Å². The summed E-state index contributed by atoms with van der Waals surface area (Å²) >= 11 is 0. The normalized spacial score (nSPS) is 21.7. The fraction of sp³-hybridized carbons (Fsp3) is 0.417. The molecule has 1 fully saturated rings. The van der Waals surface area contributed by atoms with Gasteiger partial charge in [-0.25, -0.2) is 0 Å². The lowest BCUT2D eigenvalue weighted by Gasteiger charge is -2.22. The summed E-state index contributed by atoms with van der Waals surface area (Å²) in [6, 6.07) is 10.5. The molecule has 1 heterocycles. The monoisotopic (exact) mass is 189 g/mol. The molecule has 1 aromatic carbocycles. The van der Waals surface area contributed by atoms with Gasteiger partial charge in [-0.3, -0.25) is 4.79 Å². The lowest BCUT2D eigenvalue weighted by molar-refractivity contribution is -0.122. The maximum atomic E-state index is 10.9. The van der Waals surface area contributed by atoms with E-state index in [-0.39, 0.29) is 5.91 Å². The molecule has 0 saturated carbocycles. The number of carbonyl (C=O) groups is 1. The standard InChI is InChI=1S/C12H15NO/c14-12-7-6-11(9-13-12)8-10-4-2-1-3-5-10/h1-5,11H,6-9H2,(H,13,14)/t11-/m0/s1. The summed E-state index contributed by atoms with van der Waals surface area (Å²) in [5, 5.41) is 2.91. The van der Waals surface area contributed by atoms with Crippen LogP contribution in [0.4, 0.5) is 0 Å². The molecule has 2 nitrogen and oxygen atoms in total. The summed E-state index contributed by atoms with van der Waals surface area (Å²) in [5.74, 6) is 0.824. The van der Waals surface area contributed by atoms with Gasteiger partial charge in [0.15, 0.2) is 0 Å². The van der Waals surface area contributed by atoms with Crippen LogP contribution < -0.4 is 5.32 Å². The van der Waals surface area contributed by atoms with E-state index in [1.807, 2.05) is 6.07 Å². The Balaban J connectivity index is 1.89. The highest BCUT2D eigenvalue weighted by atomic mass is 16.1. The van der Waals surface area contributed by atoms with Gasteiger partial charge in [-0.05, 0) is 24.3 Å². The van der Waals surface area contributed by atoms with E-state index in [0.29, 0.717) is 12.3 Å². The zero-order valence-corrected chi connectivity index (χ0v) is 8.20. The predicted octanol–water partition coefficient (Wildman–Crippen LogP) is 1.76. The summed E-state index contributed by atoms with van der Waals surface area (Å²) < 4.78 is 0. The van der Waals surface area contributed by atoms with Crippen molar-refractivity contribution in [2.75, 3.05) is 6.54 Å². The molecule has 0 aromatic heterocycles. The van der Waals surface area contributed by atoms with Gasteiger partial charge < -0.3 is 5.32 Å². The first-order chi connectivity index (χ1) is 6.84. The molecule has 2 rings (SSSR count). The van der Waals surface area contributed by atoms with Crippen molar-refractivity contribution in [3.63, 3.8) is 0 Å². The Kier molecular flexibility index (Phi) is 2.82. The number of hydrogen-bond donors (Lipinski definition) is 1. The number of carbonyl (C=O) groups excluding carboxylic acids is 1. The highest BCUT2D eigenvalue weighted by molar-refractivity contribution is 5.76. The SMILES string of the molecule is O=C1CC[C@@H](Cc2ccccc2)CN1. The second kappa shape index (κ2) is 4.27. The Bertz CT molecular complexity index is 297. The topological polar surface area (TPSA) is 29.1 Å². The second-order valence-electron chi connectivity index (χ2n) is 3.90. The quantitative estimate of drug-likeness (QED) is 0.754. The molecule has 14 heavy (non-hydrogen) atoms. The summed E-state index contributed by atoms with van der Waals surface area (Å²) in [5.41, 5.74) is 1.37. The van der Waals surface area contributed by atoms with E-state index in [2.05, 4.69) is 29.6 Å². The first kappa shape index (κ1) is 9.25. The average Bonchev–Trinajstić information content (AvgIpc) is 2.23. The zero-order valence-electron chi connectivity index (χ0n) is 8.20. The number of nitrogens with one attached hydrogen (secondary N) is 1. The summed E-state index contributed by atoms with van der Waals surface area (Å²) in [7, 11) is 0. The molecule has 1 aromatic rings. The number of rotatable bonds is 2. The molecule has 1 saturated heterocycles. The lowest BCUT2D eigenvalue weighted by Crippen LogP contribution is -2.35. The first-order valence-electron chi connectivity index (χ1n) is 5.15. The van der Waals surface area contributed by atoms with Crippen molar-refractivity contribution in [3.8, 4) is 0 Å². The Morgan fingerprint density at radius 3 is 2.71 bits per heavy atom. The Labute approximate surface area is 84.3 Å². The molecule has 0 radical (unpaired) electrons. The van der Waals surface area contributed by atoms with E-state index in [1.54, 1.807) is 0 Å². The fourth-order valence-electron chi connectivity index (χ4n) is 1.91. The Hall–Kier alpha value is -1.31. The maximum absolute atomic E-state index is 10.9. The van der Waals surface area contributed by atoms with Gasteiger partial charge in [0.2, 0.25) is 5.91 Å². The molecule has 0 aliphatic carbocycles. The third-order valence-electron chi connectivity index (χ3n) is 2.73. The van der Waals surface area contributed by atoms with Gasteiger partial charge in [0.1, 0.15) is 0 Å². The molecule has 1 aliphatic heterocycles. The number of hydrogen-bond acceptors (Lipinski definition) is 1. The molecule has 1 atom stereocenters. The molecule has 0 spiro atoms. The smallest absolute Gasteiger partial charge is 0.220 e. The minimum atomic E-state index is 0.203. The van der Waals surface area contributed by atoms with Gasteiger partial charge in [-0.2, -0.15) is 0 Å². The van der Waals surface area contributed by atoms with E-state index in [4.69, 9.17) is 0 Å². The van der Waals surface area contributed by atoms with Crippen molar-refractivity contribution in [1.29, 1.82) is 0 Å². The number of benzene rings is 1. The van der Waals surface area contributed by atoms with Gasteiger partial charge in [-0.1, -0.05) is 30.3 Å². The predicted molar refractivity (Wildman–Crippen MR) is 55.9 cm³/mol. The van der Waals surface area contributed by atoms with Crippen molar-refractivity contribution < 1.29 is 4.79 Å². The van der Waals surface area contributed by atoms with Gasteiger partial charge in [-0.15, -0.1) is 0 Å². The van der Waals surface area contributed by atoms with Crippen LogP contribution in [-0.2, 0) is 11.2 Å². The maximum Gasteiger partial charge on any atom is 0.220 e. The van der Waals surface area contributed by atoms with Crippen molar-refractivity contribution in [2.45, 2.75) is 19.3 Å². The highest BCUT2D eigenvalue weighted by Gasteiger charge is 2.17. The molecule has 0 unspecified atom stereocenters. The van der Waals surface area contributed by atoms with Crippen LogP contribution in [0.2, 0.25) is 0 Å². The van der Waals surface area contributed by atoms with E-state index < -0.39 is 0 Å². The van der Waals surface area contributed by atoms with Crippen LogP contribution in [0.1, 0.15) is 18.4 Å². The summed E-state index contributed by atoms with van der Waals surface area (Å²) in [6.07, 6.45) is 2.80. The van der Waals surface area contributed by atoms with E-state index in [0.717, 1.165) is 19.4 Å². The number of amides is 1. The minimum Gasteiger partial charge on any atom is -0.356 e. The lowest BCUT2D eigenvalue weighted by atomic mass is 9.92. The first-order valence-corrected chi connectivity index (χ1v) is 5.15. The van der Waals surface area contributed by atoms with Crippen molar-refractivity contribution in [3.05, 3.63) is 35.9 Å². The average molecular weight is 189 g/mol. The molecule has 2 heteroatoms. The summed E-state index contributed by atoms with van der Waals surface area (Å²) in [6.45, 7) is 0.841. The van der Waals surface area contributed by atoms with Crippen LogP contribution in [0, 0.1) is 5.92 Å². The molecule has 1 N–H and O–H groups in total. The molecular formula is C12H15NO. The van der Waals surface area contributed by atoms with Gasteiger partial charge in [0, 0.05) is 13.0 Å². The molecule has 1 aliphatic rings. The molecule has 74 valence electrons. The van der Waals surface area contributed by atoms with Crippen LogP contribution in [0.15, 0.2) is 30.3 Å². The van der Waals surface area contributed by atoms with Crippen LogP contribution in [0.5, 0.6) is 0 Å². The highest BCUT2D eigenvalue weighted by Crippen LogP contribution is 2.16. The second-order valence-corrected chi connectivity index (χ2v) is 3.90. The van der Waals surface area contributed by atoms with Gasteiger partial charge in [0.25, 0.3) is 0 Å². The minimum absolute atomic E-state index is 0.203. The van der Waals surface area contributed by atoms with Crippen LogP contribution in [0.25, 0.3) is 0 Å². The van der Waals surface area contributed by atoms with Crippen molar-refractivity contribution in [1.82, 2.24) is 5.32 Å². The molecule has 0 bridgehead atoms. The third-order valence-corrected chi connectivity index (χ3v) is 2.73. The van der Waals surface area contributed by atoms with Crippen LogP contribution in [-0.4, -0.2) is 12.5 Å². The van der Waals surface area contributed by atoms with Crippen LogP contribution in [0.3, 0.4) is 0 Å². The van der Waals surface area contributed by atoms with Gasteiger partial charge >= 0.3 is 0 Å². The summed E-state index contributed by atoms with van der Waals surface area (Å²) in [4.78, 5) is 10.9. The molecular weight excluding hydrogens is 174 g/mol. The zero-order chi connectivity index (χ0) is 9.80.